The number of rotatable bonds is 3. The predicted molar refractivity (Wildman–Crippen MR) is 89.7 cm³/mol. The Kier molecular flexibility index (Phi) is 4.48. The van der Waals surface area contributed by atoms with Gasteiger partial charge in [-0.2, -0.15) is 0 Å². The molecule has 25 heavy (non-hydrogen) atoms. The minimum absolute atomic E-state index is 0.0641. The average molecular weight is 346 g/mol. The van der Waals surface area contributed by atoms with Gasteiger partial charge in [-0.15, -0.1) is 0 Å². The van der Waals surface area contributed by atoms with Gasteiger partial charge in [0.05, 0.1) is 5.92 Å². The van der Waals surface area contributed by atoms with E-state index in [2.05, 4.69) is 5.32 Å². The van der Waals surface area contributed by atoms with Crippen LogP contribution in [0.5, 0.6) is 11.5 Å². The second-order valence-electron chi connectivity index (χ2n) is 6.64. The zero-order valence-electron chi connectivity index (χ0n) is 14.0. The normalized spacial score (nSPS) is 23.6. The van der Waals surface area contributed by atoms with Gasteiger partial charge < -0.3 is 24.4 Å². The molecule has 1 aromatic rings. The monoisotopic (exact) mass is 346 g/mol. The van der Waals surface area contributed by atoms with E-state index in [1.165, 1.54) is 0 Å². The molecule has 3 aliphatic heterocycles. The lowest BCUT2D eigenvalue weighted by atomic mass is 10.1. The minimum Gasteiger partial charge on any atom is -0.486 e. The van der Waals surface area contributed by atoms with Gasteiger partial charge in [-0.05, 0) is 25.0 Å². The van der Waals surface area contributed by atoms with Crippen molar-refractivity contribution in [3.8, 4) is 11.5 Å². The number of anilines is 1. The zero-order valence-corrected chi connectivity index (χ0v) is 14.0. The van der Waals surface area contributed by atoms with E-state index in [0.29, 0.717) is 50.2 Å². The van der Waals surface area contributed by atoms with Gasteiger partial charge in [0.15, 0.2) is 11.5 Å². The molecule has 1 unspecified atom stereocenters. The number of carbonyl (C=O) groups is 2. The van der Waals surface area contributed by atoms with Crippen molar-refractivity contribution in [2.75, 3.05) is 38.3 Å². The first-order valence-electron chi connectivity index (χ1n) is 8.78. The molecule has 3 aliphatic rings. The highest BCUT2D eigenvalue weighted by atomic mass is 16.6. The first-order chi connectivity index (χ1) is 12.2. The summed E-state index contributed by atoms with van der Waals surface area (Å²) in [5, 5.41) is 2.90. The SMILES string of the molecule is O=C(Nc1ccc2c(c1)OCCO2)C1CC(=O)N(C2CCOCC2)C1. The lowest BCUT2D eigenvalue weighted by Gasteiger charge is -2.31. The molecule has 0 spiro atoms. The van der Waals surface area contributed by atoms with E-state index >= 15 is 0 Å². The van der Waals surface area contributed by atoms with Crippen LogP contribution in [0, 0.1) is 5.92 Å². The molecule has 0 saturated carbocycles. The van der Waals surface area contributed by atoms with Crippen molar-refractivity contribution in [1.29, 1.82) is 0 Å². The van der Waals surface area contributed by atoms with Gasteiger partial charge in [0, 0.05) is 44.0 Å². The van der Waals surface area contributed by atoms with Gasteiger partial charge in [0.2, 0.25) is 11.8 Å². The minimum atomic E-state index is -0.316. The van der Waals surface area contributed by atoms with Gasteiger partial charge in [-0.1, -0.05) is 0 Å². The van der Waals surface area contributed by atoms with E-state index in [0.717, 1.165) is 12.8 Å². The maximum absolute atomic E-state index is 12.6. The standard InChI is InChI=1S/C18H22N2O5/c21-17-9-12(11-20(17)14-3-5-23-6-4-14)18(22)19-13-1-2-15-16(10-13)25-8-7-24-15/h1-2,10,12,14H,3-9,11H2,(H,19,22). The Balaban J connectivity index is 1.39. The van der Waals surface area contributed by atoms with Crippen molar-refractivity contribution >= 4 is 17.5 Å². The molecule has 7 nitrogen and oxygen atoms in total. The Morgan fingerprint density at radius 1 is 1.08 bits per heavy atom. The molecule has 2 fully saturated rings. The summed E-state index contributed by atoms with van der Waals surface area (Å²) in [5.74, 6) is 0.943. The number of likely N-dealkylation sites (tertiary alicyclic amines) is 1. The molecular weight excluding hydrogens is 324 g/mol. The summed E-state index contributed by atoms with van der Waals surface area (Å²) in [4.78, 5) is 26.7. The predicted octanol–water partition coefficient (Wildman–Crippen LogP) is 1.42. The summed E-state index contributed by atoms with van der Waals surface area (Å²) in [7, 11) is 0. The number of ether oxygens (including phenoxy) is 3. The third-order valence-corrected chi connectivity index (χ3v) is 4.97. The van der Waals surface area contributed by atoms with Gasteiger partial charge in [-0.3, -0.25) is 9.59 Å². The van der Waals surface area contributed by atoms with Crippen molar-refractivity contribution in [1.82, 2.24) is 4.90 Å². The number of nitrogens with one attached hydrogen (secondary N) is 1. The second-order valence-corrected chi connectivity index (χ2v) is 6.64. The van der Waals surface area contributed by atoms with Crippen LogP contribution in [0.1, 0.15) is 19.3 Å². The van der Waals surface area contributed by atoms with E-state index < -0.39 is 0 Å². The Hall–Kier alpha value is -2.28. The smallest absolute Gasteiger partial charge is 0.229 e. The van der Waals surface area contributed by atoms with E-state index in [4.69, 9.17) is 14.2 Å². The number of fused-ring (bicyclic) bond motifs is 1. The summed E-state index contributed by atoms with van der Waals surface area (Å²) >= 11 is 0. The number of hydrogen-bond acceptors (Lipinski definition) is 5. The third kappa shape index (κ3) is 3.42. The summed E-state index contributed by atoms with van der Waals surface area (Å²) in [6.07, 6.45) is 1.97. The molecule has 0 aliphatic carbocycles. The fourth-order valence-electron chi connectivity index (χ4n) is 3.62. The fraction of sp³-hybridized carbons (Fsp3) is 0.556. The molecule has 0 radical (unpaired) electrons. The van der Waals surface area contributed by atoms with Crippen molar-refractivity contribution in [3.63, 3.8) is 0 Å². The van der Waals surface area contributed by atoms with Gasteiger partial charge >= 0.3 is 0 Å². The highest BCUT2D eigenvalue weighted by molar-refractivity contribution is 5.97. The molecular formula is C18H22N2O5. The Labute approximate surface area is 146 Å². The van der Waals surface area contributed by atoms with E-state index in [9.17, 15) is 9.59 Å². The molecule has 3 heterocycles. The van der Waals surface area contributed by atoms with Gasteiger partial charge in [0.25, 0.3) is 0 Å². The maximum Gasteiger partial charge on any atom is 0.229 e. The molecule has 0 aromatic heterocycles. The molecule has 1 atom stereocenters. The maximum atomic E-state index is 12.6. The van der Waals surface area contributed by atoms with E-state index in [1.54, 1.807) is 18.2 Å². The van der Waals surface area contributed by atoms with Crippen molar-refractivity contribution in [2.24, 2.45) is 5.92 Å². The first-order valence-corrected chi connectivity index (χ1v) is 8.78. The van der Waals surface area contributed by atoms with Crippen LogP contribution < -0.4 is 14.8 Å². The van der Waals surface area contributed by atoms with E-state index in [1.807, 2.05) is 4.90 Å². The lowest BCUT2D eigenvalue weighted by Crippen LogP contribution is -2.41. The summed E-state index contributed by atoms with van der Waals surface area (Å²) in [6, 6.07) is 5.55. The van der Waals surface area contributed by atoms with Crippen LogP contribution in [0.2, 0.25) is 0 Å². The van der Waals surface area contributed by atoms with Crippen molar-refractivity contribution in [3.05, 3.63) is 18.2 Å². The third-order valence-electron chi connectivity index (χ3n) is 4.97. The molecule has 1 aromatic carbocycles. The Morgan fingerprint density at radius 3 is 2.64 bits per heavy atom. The molecule has 134 valence electrons. The van der Waals surface area contributed by atoms with Crippen LogP contribution >= 0.6 is 0 Å². The summed E-state index contributed by atoms with van der Waals surface area (Å²) < 4.78 is 16.4. The molecule has 7 heteroatoms. The first kappa shape index (κ1) is 16.2. The zero-order chi connectivity index (χ0) is 17.2. The number of nitrogens with zero attached hydrogens (tertiary/aromatic N) is 1. The highest BCUT2D eigenvalue weighted by Gasteiger charge is 2.38. The molecule has 2 saturated heterocycles. The van der Waals surface area contributed by atoms with Crippen LogP contribution in [0.3, 0.4) is 0 Å². The van der Waals surface area contributed by atoms with E-state index in [-0.39, 0.29) is 30.2 Å². The molecule has 4 rings (SSSR count). The van der Waals surface area contributed by atoms with Crippen LogP contribution in [0.25, 0.3) is 0 Å². The highest BCUT2D eigenvalue weighted by Crippen LogP contribution is 2.33. The van der Waals surface area contributed by atoms with Gasteiger partial charge in [-0.25, -0.2) is 0 Å². The van der Waals surface area contributed by atoms with Gasteiger partial charge in [0.1, 0.15) is 13.2 Å². The van der Waals surface area contributed by atoms with Crippen LogP contribution in [0.15, 0.2) is 18.2 Å². The molecule has 2 amide bonds. The number of carbonyl (C=O) groups excluding carboxylic acids is 2. The topological polar surface area (TPSA) is 77.1 Å². The fourth-order valence-corrected chi connectivity index (χ4v) is 3.62. The Morgan fingerprint density at radius 2 is 1.84 bits per heavy atom. The number of amides is 2. The van der Waals surface area contributed by atoms with Crippen molar-refractivity contribution < 1.29 is 23.8 Å². The number of benzene rings is 1. The van der Waals surface area contributed by atoms with Crippen LogP contribution in [-0.4, -0.2) is 55.7 Å². The quantitative estimate of drug-likeness (QED) is 0.896. The lowest BCUT2D eigenvalue weighted by molar-refractivity contribution is -0.131. The number of hydrogen-bond donors (Lipinski definition) is 1. The van der Waals surface area contributed by atoms with Crippen LogP contribution in [0.4, 0.5) is 5.69 Å². The summed E-state index contributed by atoms with van der Waals surface area (Å²) in [6.45, 7) is 2.89. The molecule has 1 N–H and O–H groups in total. The molecule has 0 bridgehead atoms. The summed E-state index contributed by atoms with van der Waals surface area (Å²) in [5.41, 5.74) is 0.659. The largest absolute Gasteiger partial charge is 0.486 e. The van der Waals surface area contributed by atoms with Crippen LogP contribution in [-0.2, 0) is 14.3 Å². The average Bonchev–Trinajstić information content (AvgIpc) is 3.04. The second kappa shape index (κ2) is 6.92. The Bertz CT molecular complexity index is 671. The van der Waals surface area contributed by atoms with Crippen molar-refractivity contribution in [2.45, 2.75) is 25.3 Å².